The fourth-order valence-corrected chi connectivity index (χ4v) is 3.05. The number of hydrogen-bond acceptors (Lipinski definition) is 3. The SMILES string of the molecule is CN(Cc1cccs1)C(=O)C(C)(N)c1ccc(Br)cc1.Cl. The predicted molar refractivity (Wildman–Crippen MR) is 93.7 cm³/mol. The average molecular weight is 390 g/mol. The maximum Gasteiger partial charge on any atom is 0.247 e. The molecule has 3 nitrogen and oxygen atoms in total. The molecule has 0 fully saturated rings. The molecule has 1 atom stereocenters. The minimum Gasteiger partial charge on any atom is -0.339 e. The minimum absolute atomic E-state index is 0. The molecule has 1 unspecified atom stereocenters. The number of benzene rings is 1. The summed E-state index contributed by atoms with van der Waals surface area (Å²) >= 11 is 5.02. The third-order valence-corrected chi connectivity index (χ3v) is 4.60. The maximum atomic E-state index is 12.6. The van der Waals surface area contributed by atoms with Crippen molar-refractivity contribution < 1.29 is 4.79 Å². The molecule has 0 aliphatic heterocycles. The van der Waals surface area contributed by atoms with Crippen LogP contribution in [0.2, 0.25) is 0 Å². The molecule has 1 heterocycles. The van der Waals surface area contributed by atoms with E-state index in [2.05, 4.69) is 15.9 Å². The first kappa shape index (κ1) is 18.2. The van der Waals surface area contributed by atoms with Gasteiger partial charge in [-0.05, 0) is 36.1 Å². The topological polar surface area (TPSA) is 46.3 Å². The molecule has 1 aromatic heterocycles. The highest BCUT2D eigenvalue weighted by atomic mass is 79.9. The zero-order valence-corrected chi connectivity index (χ0v) is 15.1. The van der Waals surface area contributed by atoms with Gasteiger partial charge < -0.3 is 10.6 Å². The number of carbonyl (C=O) groups excluding carboxylic acids is 1. The molecule has 6 heteroatoms. The van der Waals surface area contributed by atoms with Gasteiger partial charge in [-0.2, -0.15) is 0 Å². The van der Waals surface area contributed by atoms with Crippen LogP contribution >= 0.6 is 39.7 Å². The van der Waals surface area contributed by atoms with Gasteiger partial charge in [0.1, 0.15) is 5.54 Å². The van der Waals surface area contributed by atoms with Gasteiger partial charge in [0.15, 0.2) is 0 Å². The second-order valence-electron chi connectivity index (χ2n) is 4.95. The number of rotatable bonds is 4. The first-order valence-corrected chi connectivity index (χ1v) is 7.91. The van der Waals surface area contributed by atoms with Crippen molar-refractivity contribution in [2.75, 3.05) is 7.05 Å². The molecule has 0 saturated heterocycles. The summed E-state index contributed by atoms with van der Waals surface area (Å²) in [5.74, 6) is -0.0896. The lowest BCUT2D eigenvalue weighted by Gasteiger charge is -2.29. The minimum atomic E-state index is -1.02. The molecule has 1 amide bonds. The number of likely N-dealkylation sites (N-methyl/N-ethyl adjacent to an activating group) is 1. The van der Waals surface area contributed by atoms with Crippen LogP contribution in [0, 0.1) is 0 Å². The molecule has 2 rings (SSSR count). The van der Waals surface area contributed by atoms with Gasteiger partial charge in [0.05, 0.1) is 6.54 Å². The number of nitrogens with zero attached hydrogens (tertiary/aromatic N) is 1. The van der Waals surface area contributed by atoms with Crippen LogP contribution in [0.5, 0.6) is 0 Å². The highest BCUT2D eigenvalue weighted by Crippen LogP contribution is 2.23. The third kappa shape index (κ3) is 4.30. The summed E-state index contributed by atoms with van der Waals surface area (Å²) in [5.41, 5.74) is 6.05. The number of amides is 1. The first-order chi connectivity index (χ1) is 9.41. The molecule has 0 saturated carbocycles. The van der Waals surface area contributed by atoms with E-state index in [1.165, 1.54) is 0 Å². The fourth-order valence-electron chi connectivity index (χ4n) is 2.02. The summed E-state index contributed by atoms with van der Waals surface area (Å²) in [6.45, 7) is 2.34. The molecule has 2 N–H and O–H groups in total. The van der Waals surface area contributed by atoms with E-state index in [9.17, 15) is 4.79 Å². The fraction of sp³-hybridized carbons (Fsp3) is 0.267. The molecule has 114 valence electrons. The van der Waals surface area contributed by atoms with E-state index in [1.54, 1.807) is 30.2 Å². The number of carbonyl (C=O) groups is 1. The molecule has 0 bridgehead atoms. The van der Waals surface area contributed by atoms with Crippen LogP contribution in [-0.2, 0) is 16.9 Å². The van der Waals surface area contributed by atoms with Crippen LogP contribution in [-0.4, -0.2) is 17.9 Å². The molecule has 0 aliphatic rings. The van der Waals surface area contributed by atoms with Gasteiger partial charge in [-0.3, -0.25) is 4.79 Å². The molecular weight excluding hydrogens is 372 g/mol. The Morgan fingerprint density at radius 3 is 2.48 bits per heavy atom. The van der Waals surface area contributed by atoms with Gasteiger partial charge >= 0.3 is 0 Å². The van der Waals surface area contributed by atoms with E-state index in [1.807, 2.05) is 41.8 Å². The zero-order valence-electron chi connectivity index (χ0n) is 11.9. The largest absolute Gasteiger partial charge is 0.339 e. The quantitative estimate of drug-likeness (QED) is 0.865. The summed E-state index contributed by atoms with van der Waals surface area (Å²) in [4.78, 5) is 15.4. The highest BCUT2D eigenvalue weighted by Gasteiger charge is 2.33. The maximum absolute atomic E-state index is 12.6. The van der Waals surface area contributed by atoms with Crippen molar-refractivity contribution in [1.29, 1.82) is 0 Å². The molecular formula is C15H18BrClN2OS. The molecule has 21 heavy (non-hydrogen) atoms. The van der Waals surface area contributed by atoms with Crippen molar-refractivity contribution in [3.8, 4) is 0 Å². The Balaban J connectivity index is 0.00000220. The van der Waals surface area contributed by atoms with Crippen molar-refractivity contribution in [3.05, 3.63) is 56.7 Å². The summed E-state index contributed by atoms with van der Waals surface area (Å²) < 4.78 is 0.969. The van der Waals surface area contributed by atoms with Gasteiger partial charge in [0.25, 0.3) is 0 Å². The normalized spacial score (nSPS) is 13.1. The van der Waals surface area contributed by atoms with E-state index in [-0.39, 0.29) is 18.3 Å². The summed E-state index contributed by atoms with van der Waals surface area (Å²) in [6.07, 6.45) is 0. The lowest BCUT2D eigenvalue weighted by molar-refractivity contribution is -0.135. The lowest BCUT2D eigenvalue weighted by Crippen LogP contribution is -2.49. The van der Waals surface area contributed by atoms with Crippen LogP contribution in [0.3, 0.4) is 0 Å². The van der Waals surface area contributed by atoms with E-state index in [0.717, 1.165) is 14.9 Å². The number of hydrogen-bond donors (Lipinski definition) is 1. The lowest BCUT2D eigenvalue weighted by atomic mass is 9.92. The Bertz CT molecular complexity index is 584. The van der Waals surface area contributed by atoms with Crippen molar-refractivity contribution in [1.82, 2.24) is 4.90 Å². The Labute approximate surface area is 143 Å². The van der Waals surface area contributed by atoms with E-state index >= 15 is 0 Å². The summed E-state index contributed by atoms with van der Waals surface area (Å²) in [5, 5.41) is 2.00. The van der Waals surface area contributed by atoms with Crippen LogP contribution < -0.4 is 5.73 Å². The molecule has 0 aliphatic carbocycles. The van der Waals surface area contributed by atoms with Gasteiger partial charge in [-0.15, -0.1) is 23.7 Å². The number of thiophene rings is 1. The third-order valence-electron chi connectivity index (χ3n) is 3.21. The highest BCUT2D eigenvalue weighted by molar-refractivity contribution is 9.10. The summed E-state index contributed by atoms with van der Waals surface area (Å²) in [6, 6.07) is 11.5. The van der Waals surface area contributed by atoms with Crippen LogP contribution in [0.15, 0.2) is 46.3 Å². The molecule has 0 spiro atoms. The number of halogens is 2. The van der Waals surface area contributed by atoms with Crippen LogP contribution in [0.1, 0.15) is 17.4 Å². The van der Waals surface area contributed by atoms with Crippen LogP contribution in [0.25, 0.3) is 0 Å². The monoisotopic (exact) mass is 388 g/mol. The predicted octanol–water partition coefficient (Wildman–Crippen LogP) is 3.76. The average Bonchev–Trinajstić information content (AvgIpc) is 2.91. The van der Waals surface area contributed by atoms with E-state index < -0.39 is 5.54 Å². The Hall–Kier alpha value is -0.880. The smallest absolute Gasteiger partial charge is 0.247 e. The summed E-state index contributed by atoms with van der Waals surface area (Å²) in [7, 11) is 1.78. The molecule has 2 aromatic rings. The second-order valence-corrected chi connectivity index (χ2v) is 6.90. The van der Waals surface area contributed by atoms with E-state index in [4.69, 9.17) is 5.73 Å². The Morgan fingerprint density at radius 2 is 1.95 bits per heavy atom. The molecule has 0 radical (unpaired) electrons. The van der Waals surface area contributed by atoms with Gasteiger partial charge in [-0.25, -0.2) is 0 Å². The Morgan fingerprint density at radius 1 is 1.33 bits per heavy atom. The van der Waals surface area contributed by atoms with Crippen molar-refractivity contribution in [3.63, 3.8) is 0 Å². The standard InChI is InChI=1S/C15H17BrN2OS.ClH/c1-15(17,11-5-7-12(16)8-6-11)14(19)18(2)10-13-4-3-9-20-13;/h3-9H,10,17H2,1-2H3;1H. The van der Waals surface area contributed by atoms with Gasteiger partial charge in [0.2, 0.25) is 5.91 Å². The van der Waals surface area contributed by atoms with Crippen molar-refractivity contribution in [2.45, 2.75) is 19.0 Å². The molecule has 1 aromatic carbocycles. The van der Waals surface area contributed by atoms with Gasteiger partial charge in [0, 0.05) is 16.4 Å². The first-order valence-electron chi connectivity index (χ1n) is 6.24. The van der Waals surface area contributed by atoms with Crippen molar-refractivity contribution in [2.24, 2.45) is 5.73 Å². The van der Waals surface area contributed by atoms with E-state index in [0.29, 0.717) is 6.54 Å². The van der Waals surface area contributed by atoms with Crippen LogP contribution in [0.4, 0.5) is 0 Å². The number of nitrogens with two attached hydrogens (primary N) is 1. The second kappa shape index (κ2) is 7.40. The zero-order chi connectivity index (χ0) is 14.8. The van der Waals surface area contributed by atoms with Crippen molar-refractivity contribution >= 4 is 45.6 Å². The van der Waals surface area contributed by atoms with Gasteiger partial charge in [-0.1, -0.05) is 34.1 Å². The Kier molecular flexibility index (Phi) is 6.41.